The lowest BCUT2D eigenvalue weighted by Gasteiger charge is -2.44. The molecule has 0 radical (unpaired) electrons. The molecule has 2 amide bonds. The van der Waals surface area contributed by atoms with Crippen LogP contribution in [0.2, 0.25) is 0 Å². The Morgan fingerprint density at radius 1 is 1.07 bits per heavy atom. The van der Waals surface area contributed by atoms with Crippen LogP contribution in [0.3, 0.4) is 0 Å². The van der Waals surface area contributed by atoms with Crippen molar-refractivity contribution < 1.29 is 9.59 Å². The molecule has 0 aromatic heterocycles. The molecular formula is C23H33N3O2. The molecule has 4 atom stereocenters. The van der Waals surface area contributed by atoms with E-state index in [-0.39, 0.29) is 23.8 Å². The van der Waals surface area contributed by atoms with Crippen molar-refractivity contribution in [3.8, 4) is 0 Å². The van der Waals surface area contributed by atoms with Gasteiger partial charge in [-0.1, -0.05) is 36.8 Å². The van der Waals surface area contributed by atoms with E-state index in [1.807, 2.05) is 37.4 Å². The first kappa shape index (κ1) is 19.4. The minimum Gasteiger partial charge on any atom is -0.355 e. The van der Waals surface area contributed by atoms with E-state index in [0.717, 1.165) is 12.1 Å². The van der Waals surface area contributed by atoms with Crippen LogP contribution in [0.1, 0.15) is 56.6 Å². The summed E-state index contributed by atoms with van der Waals surface area (Å²) in [7, 11) is 1.83. The number of likely N-dealkylation sites (tertiary alicyclic amines) is 1. The number of carbonyl (C=O) groups is 2. The number of nitrogens with zero attached hydrogens (tertiary/aromatic N) is 2. The summed E-state index contributed by atoms with van der Waals surface area (Å²) in [5.74, 6) is 0.636. The van der Waals surface area contributed by atoms with E-state index < -0.39 is 0 Å². The fourth-order valence-electron chi connectivity index (χ4n) is 5.60. The molecular weight excluding hydrogens is 350 g/mol. The van der Waals surface area contributed by atoms with Crippen LogP contribution in [-0.4, -0.2) is 54.3 Å². The molecule has 5 nitrogen and oxygen atoms in total. The quantitative estimate of drug-likeness (QED) is 0.870. The van der Waals surface area contributed by atoms with Gasteiger partial charge in [-0.25, -0.2) is 0 Å². The molecule has 152 valence electrons. The second kappa shape index (κ2) is 8.64. The molecule has 0 aliphatic carbocycles. The number of fused-ring (bicyclic) bond motifs is 1. The molecule has 0 saturated carbocycles. The van der Waals surface area contributed by atoms with Crippen LogP contribution in [0.4, 0.5) is 0 Å². The highest BCUT2D eigenvalue weighted by Gasteiger charge is 2.39. The van der Waals surface area contributed by atoms with Crippen LogP contribution in [0.5, 0.6) is 0 Å². The van der Waals surface area contributed by atoms with E-state index in [0.29, 0.717) is 24.8 Å². The fourth-order valence-corrected chi connectivity index (χ4v) is 5.60. The molecule has 4 rings (SSSR count). The monoisotopic (exact) mass is 383 g/mol. The molecule has 0 unspecified atom stereocenters. The van der Waals surface area contributed by atoms with Gasteiger partial charge in [0, 0.05) is 26.1 Å². The Kier molecular flexibility index (Phi) is 6.00. The molecule has 1 aromatic rings. The highest BCUT2D eigenvalue weighted by Crippen LogP contribution is 2.36. The number of hydrogen-bond donors (Lipinski definition) is 1. The fraction of sp³-hybridized carbons (Fsp3) is 0.652. The highest BCUT2D eigenvalue weighted by molar-refractivity contribution is 5.84. The van der Waals surface area contributed by atoms with Crippen LogP contribution < -0.4 is 5.32 Å². The SMILES string of the molecule is CN1C(=O)CC[C@@H](C(=O)NC[C@@H]2CCCN3CCCC[C@H]23)[C@H]1c1ccccc1. The van der Waals surface area contributed by atoms with Crippen molar-refractivity contribution in [1.82, 2.24) is 15.1 Å². The van der Waals surface area contributed by atoms with Crippen molar-refractivity contribution in [2.45, 2.75) is 57.0 Å². The topological polar surface area (TPSA) is 52.7 Å². The highest BCUT2D eigenvalue weighted by atomic mass is 16.2. The number of rotatable bonds is 4. The first-order valence-corrected chi connectivity index (χ1v) is 11.0. The molecule has 5 heteroatoms. The van der Waals surface area contributed by atoms with Crippen molar-refractivity contribution in [3.63, 3.8) is 0 Å². The van der Waals surface area contributed by atoms with Crippen LogP contribution >= 0.6 is 0 Å². The summed E-state index contributed by atoms with van der Waals surface area (Å²) in [5.41, 5.74) is 1.05. The third-order valence-electron chi connectivity index (χ3n) is 7.11. The van der Waals surface area contributed by atoms with Gasteiger partial charge in [-0.05, 0) is 56.7 Å². The summed E-state index contributed by atoms with van der Waals surface area (Å²) < 4.78 is 0. The number of hydrogen-bond acceptors (Lipinski definition) is 3. The van der Waals surface area contributed by atoms with Gasteiger partial charge >= 0.3 is 0 Å². The maximum absolute atomic E-state index is 13.2. The summed E-state index contributed by atoms with van der Waals surface area (Å²) in [5, 5.41) is 3.29. The van der Waals surface area contributed by atoms with Crippen molar-refractivity contribution in [3.05, 3.63) is 35.9 Å². The predicted octanol–water partition coefficient (Wildman–Crippen LogP) is 2.98. The number of benzene rings is 1. The third kappa shape index (κ3) is 3.95. The van der Waals surface area contributed by atoms with E-state index in [4.69, 9.17) is 0 Å². The second-order valence-corrected chi connectivity index (χ2v) is 8.75. The lowest BCUT2D eigenvalue weighted by atomic mass is 9.82. The average molecular weight is 384 g/mol. The standard InChI is InChI=1S/C23H33N3O2/c1-25-21(27)13-12-19(22(25)17-8-3-2-4-9-17)23(28)24-16-18-10-7-15-26-14-6-5-11-20(18)26/h2-4,8-9,18-20,22H,5-7,10-16H2,1H3,(H,24,28)/t18-,19+,20+,22+/m0/s1. The van der Waals surface area contributed by atoms with Gasteiger partial charge in [-0.2, -0.15) is 0 Å². The van der Waals surface area contributed by atoms with Crippen LogP contribution in [-0.2, 0) is 9.59 Å². The van der Waals surface area contributed by atoms with Gasteiger partial charge in [-0.3, -0.25) is 9.59 Å². The predicted molar refractivity (Wildman–Crippen MR) is 110 cm³/mol. The van der Waals surface area contributed by atoms with Gasteiger partial charge in [0.15, 0.2) is 0 Å². The van der Waals surface area contributed by atoms with Gasteiger partial charge in [0.25, 0.3) is 0 Å². The molecule has 0 bridgehead atoms. The molecule has 3 aliphatic rings. The van der Waals surface area contributed by atoms with Crippen LogP contribution in [0.25, 0.3) is 0 Å². The molecule has 3 heterocycles. The molecule has 0 spiro atoms. The summed E-state index contributed by atoms with van der Waals surface area (Å²) in [6.45, 7) is 3.22. The Hall–Kier alpha value is -1.88. The zero-order valence-corrected chi connectivity index (χ0v) is 17.0. The molecule has 3 fully saturated rings. The third-order valence-corrected chi connectivity index (χ3v) is 7.11. The minimum atomic E-state index is -0.170. The Morgan fingerprint density at radius 3 is 2.68 bits per heavy atom. The van der Waals surface area contributed by atoms with Crippen LogP contribution in [0, 0.1) is 11.8 Å². The van der Waals surface area contributed by atoms with Crippen molar-refractivity contribution in [1.29, 1.82) is 0 Å². The van der Waals surface area contributed by atoms with E-state index >= 15 is 0 Å². The summed E-state index contributed by atoms with van der Waals surface area (Å²) in [4.78, 5) is 29.9. The smallest absolute Gasteiger partial charge is 0.225 e. The van der Waals surface area contributed by atoms with Crippen LogP contribution in [0.15, 0.2) is 30.3 Å². The molecule has 1 N–H and O–H groups in total. The minimum absolute atomic E-state index is 0.112. The van der Waals surface area contributed by atoms with Crippen molar-refractivity contribution in [2.24, 2.45) is 11.8 Å². The summed E-state index contributed by atoms with van der Waals surface area (Å²) in [6.07, 6.45) is 7.45. The summed E-state index contributed by atoms with van der Waals surface area (Å²) >= 11 is 0. The lowest BCUT2D eigenvalue weighted by molar-refractivity contribution is -0.141. The summed E-state index contributed by atoms with van der Waals surface area (Å²) in [6, 6.07) is 10.5. The van der Waals surface area contributed by atoms with E-state index in [1.165, 1.54) is 45.2 Å². The van der Waals surface area contributed by atoms with Gasteiger partial charge in [0.05, 0.1) is 12.0 Å². The maximum Gasteiger partial charge on any atom is 0.225 e. The lowest BCUT2D eigenvalue weighted by Crippen LogP contribution is -2.52. The van der Waals surface area contributed by atoms with Gasteiger partial charge in [0.2, 0.25) is 11.8 Å². The van der Waals surface area contributed by atoms with Crippen molar-refractivity contribution in [2.75, 3.05) is 26.7 Å². The van der Waals surface area contributed by atoms with E-state index in [2.05, 4.69) is 10.2 Å². The Labute approximate surface area is 168 Å². The van der Waals surface area contributed by atoms with Gasteiger partial charge in [0.1, 0.15) is 0 Å². The number of carbonyl (C=O) groups excluding carboxylic acids is 2. The average Bonchev–Trinajstić information content (AvgIpc) is 2.74. The molecule has 1 aromatic carbocycles. The van der Waals surface area contributed by atoms with Gasteiger partial charge < -0.3 is 15.1 Å². The number of nitrogens with one attached hydrogen (secondary N) is 1. The normalized spacial score (nSPS) is 31.3. The number of piperidine rings is 3. The Balaban J connectivity index is 1.43. The Morgan fingerprint density at radius 2 is 1.86 bits per heavy atom. The molecule has 3 aliphatic heterocycles. The zero-order valence-electron chi connectivity index (χ0n) is 17.0. The van der Waals surface area contributed by atoms with E-state index in [9.17, 15) is 9.59 Å². The largest absolute Gasteiger partial charge is 0.355 e. The molecule has 28 heavy (non-hydrogen) atoms. The number of amides is 2. The first-order chi connectivity index (χ1) is 13.6. The van der Waals surface area contributed by atoms with Crippen molar-refractivity contribution >= 4 is 11.8 Å². The van der Waals surface area contributed by atoms with Gasteiger partial charge in [-0.15, -0.1) is 0 Å². The zero-order chi connectivity index (χ0) is 19.5. The van der Waals surface area contributed by atoms with E-state index in [1.54, 1.807) is 4.90 Å². The second-order valence-electron chi connectivity index (χ2n) is 8.75. The molecule has 3 saturated heterocycles. The maximum atomic E-state index is 13.2. The Bertz CT molecular complexity index is 690. The first-order valence-electron chi connectivity index (χ1n) is 11.0.